The second-order valence-corrected chi connectivity index (χ2v) is 6.62. The molecule has 0 unspecified atom stereocenters. The first-order valence-electron chi connectivity index (χ1n) is 6.92. The van der Waals surface area contributed by atoms with Crippen LogP contribution in [-0.4, -0.2) is 15.2 Å². The van der Waals surface area contributed by atoms with E-state index < -0.39 is 0 Å². The van der Waals surface area contributed by atoms with Crippen LogP contribution in [0.15, 0.2) is 36.0 Å². The SMILES string of the molecule is Cc1cn2c(/C=C3\Cc4ccccc4C3=O)c(C)nc2s1. The van der Waals surface area contributed by atoms with Crippen LogP contribution in [0.2, 0.25) is 0 Å². The van der Waals surface area contributed by atoms with Crippen LogP contribution in [0, 0.1) is 13.8 Å². The highest BCUT2D eigenvalue weighted by atomic mass is 32.1. The molecule has 0 N–H and O–H groups in total. The number of thiazole rings is 1. The normalized spacial score (nSPS) is 16.1. The number of ketones is 1. The molecule has 21 heavy (non-hydrogen) atoms. The number of aryl methyl sites for hydroxylation is 2. The number of Topliss-reactive ketones (excluding diaryl/α,β-unsaturated/α-hetero) is 1. The third-order valence-electron chi connectivity index (χ3n) is 3.91. The van der Waals surface area contributed by atoms with E-state index in [0.29, 0.717) is 6.42 Å². The topological polar surface area (TPSA) is 34.4 Å². The van der Waals surface area contributed by atoms with Crippen molar-refractivity contribution in [3.8, 4) is 0 Å². The zero-order chi connectivity index (χ0) is 14.6. The van der Waals surface area contributed by atoms with Gasteiger partial charge in [0.25, 0.3) is 0 Å². The number of fused-ring (bicyclic) bond motifs is 2. The summed E-state index contributed by atoms with van der Waals surface area (Å²) in [4.78, 5) is 19.3. The van der Waals surface area contributed by atoms with Gasteiger partial charge in [-0.1, -0.05) is 24.3 Å². The maximum atomic E-state index is 12.5. The molecule has 0 saturated heterocycles. The quantitative estimate of drug-likeness (QED) is 0.639. The molecule has 1 aliphatic carbocycles. The van der Waals surface area contributed by atoms with Crippen LogP contribution in [0.1, 0.15) is 32.2 Å². The Morgan fingerprint density at radius 3 is 2.90 bits per heavy atom. The minimum absolute atomic E-state index is 0.145. The molecule has 3 aromatic rings. The van der Waals surface area contributed by atoms with Crippen LogP contribution in [0.3, 0.4) is 0 Å². The molecule has 2 heterocycles. The summed E-state index contributed by atoms with van der Waals surface area (Å²) >= 11 is 1.67. The second kappa shape index (κ2) is 4.40. The molecule has 0 amide bonds. The van der Waals surface area contributed by atoms with Gasteiger partial charge in [-0.3, -0.25) is 9.20 Å². The lowest BCUT2D eigenvalue weighted by Gasteiger charge is -1.97. The molecule has 0 atom stereocenters. The van der Waals surface area contributed by atoms with Crippen molar-refractivity contribution in [1.82, 2.24) is 9.38 Å². The van der Waals surface area contributed by atoms with Crippen LogP contribution in [0.4, 0.5) is 0 Å². The molecular formula is C17H14N2OS. The van der Waals surface area contributed by atoms with Gasteiger partial charge in [0.15, 0.2) is 10.7 Å². The van der Waals surface area contributed by atoms with Crippen molar-refractivity contribution in [1.29, 1.82) is 0 Å². The summed E-state index contributed by atoms with van der Waals surface area (Å²) in [6.07, 6.45) is 4.80. The molecule has 0 bridgehead atoms. The largest absolute Gasteiger partial charge is 0.290 e. The fourth-order valence-corrected chi connectivity index (χ4v) is 3.77. The minimum atomic E-state index is 0.145. The molecule has 4 rings (SSSR count). The third-order valence-corrected chi connectivity index (χ3v) is 4.81. The Labute approximate surface area is 126 Å². The van der Waals surface area contributed by atoms with Gasteiger partial charge in [-0.15, -0.1) is 11.3 Å². The Kier molecular flexibility index (Phi) is 2.62. The molecule has 0 saturated carbocycles. The number of imidazole rings is 1. The number of hydrogen-bond donors (Lipinski definition) is 0. The van der Waals surface area contributed by atoms with Crippen LogP contribution in [-0.2, 0) is 6.42 Å². The van der Waals surface area contributed by atoms with E-state index in [2.05, 4.69) is 22.5 Å². The van der Waals surface area contributed by atoms with Gasteiger partial charge in [-0.25, -0.2) is 4.98 Å². The van der Waals surface area contributed by atoms with Gasteiger partial charge >= 0.3 is 0 Å². The Balaban J connectivity index is 1.85. The van der Waals surface area contributed by atoms with E-state index in [1.807, 2.05) is 37.3 Å². The standard InChI is InChI=1S/C17H14N2OS/c1-10-9-19-15(11(2)18-17(19)21-10)8-13-7-12-5-3-4-6-14(12)16(13)20/h3-6,8-9H,7H2,1-2H3/b13-8+. The fourth-order valence-electron chi connectivity index (χ4n) is 2.89. The molecule has 0 spiro atoms. The number of hydrogen-bond acceptors (Lipinski definition) is 3. The molecule has 0 fully saturated rings. The Morgan fingerprint density at radius 2 is 2.10 bits per heavy atom. The predicted octanol–water partition coefficient (Wildman–Crippen LogP) is 3.84. The number of allylic oxidation sites excluding steroid dienone is 1. The highest BCUT2D eigenvalue weighted by Crippen LogP contribution is 2.29. The summed E-state index contributed by atoms with van der Waals surface area (Å²) in [7, 11) is 0. The lowest BCUT2D eigenvalue weighted by molar-refractivity contribution is 0.104. The first kappa shape index (κ1) is 12.5. The molecule has 1 aliphatic rings. The zero-order valence-corrected chi connectivity index (χ0v) is 12.7. The molecule has 3 nitrogen and oxygen atoms in total. The highest BCUT2D eigenvalue weighted by Gasteiger charge is 2.24. The number of benzene rings is 1. The van der Waals surface area contributed by atoms with Crippen LogP contribution in [0.5, 0.6) is 0 Å². The third kappa shape index (κ3) is 1.87. The van der Waals surface area contributed by atoms with Crippen molar-refractivity contribution >= 4 is 28.2 Å². The maximum absolute atomic E-state index is 12.5. The molecule has 0 aliphatic heterocycles. The highest BCUT2D eigenvalue weighted by molar-refractivity contribution is 7.17. The van der Waals surface area contributed by atoms with Gasteiger partial charge in [-0.2, -0.15) is 0 Å². The Morgan fingerprint density at radius 1 is 1.29 bits per heavy atom. The molecule has 104 valence electrons. The van der Waals surface area contributed by atoms with Crippen molar-refractivity contribution < 1.29 is 4.79 Å². The van der Waals surface area contributed by atoms with E-state index in [1.54, 1.807) is 11.3 Å². The first-order valence-corrected chi connectivity index (χ1v) is 7.73. The monoisotopic (exact) mass is 294 g/mol. The fraction of sp³-hybridized carbons (Fsp3) is 0.176. The number of carbonyl (C=O) groups is 1. The summed E-state index contributed by atoms with van der Waals surface area (Å²) in [6, 6.07) is 7.84. The molecule has 0 radical (unpaired) electrons. The van der Waals surface area contributed by atoms with E-state index in [9.17, 15) is 4.79 Å². The predicted molar refractivity (Wildman–Crippen MR) is 85.0 cm³/mol. The number of carbonyl (C=O) groups excluding carboxylic acids is 1. The van der Waals surface area contributed by atoms with E-state index in [0.717, 1.165) is 33.0 Å². The van der Waals surface area contributed by atoms with E-state index in [4.69, 9.17) is 0 Å². The molecule has 2 aromatic heterocycles. The van der Waals surface area contributed by atoms with Crippen molar-refractivity contribution in [2.45, 2.75) is 20.3 Å². The van der Waals surface area contributed by atoms with Gasteiger partial charge in [0, 0.05) is 28.6 Å². The number of aromatic nitrogens is 2. The van der Waals surface area contributed by atoms with Crippen LogP contribution >= 0.6 is 11.3 Å². The second-order valence-electron chi connectivity index (χ2n) is 5.41. The number of rotatable bonds is 1. The average molecular weight is 294 g/mol. The van der Waals surface area contributed by atoms with Gasteiger partial charge in [-0.05, 0) is 25.5 Å². The van der Waals surface area contributed by atoms with Crippen LogP contribution in [0.25, 0.3) is 11.0 Å². The van der Waals surface area contributed by atoms with Gasteiger partial charge in [0.1, 0.15) is 0 Å². The molecule has 4 heteroatoms. The van der Waals surface area contributed by atoms with Gasteiger partial charge in [0.2, 0.25) is 0 Å². The van der Waals surface area contributed by atoms with Crippen molar-refractivity contribution in [2.24, 2.45) is 0 Å². The summed E-state index contributed by atoms with van der Waals surface area (Å²) in [5.74, 6) is 0.145. The maximum Gasteiger partial charge on any atom is 0.194 e. The average Bonchev–Trinajstić information content (AvgIpc) is 3.05. The van der Waals surface area contributed by atoms with E-state index in [-0.39, 0.29) is 5.78 Å². The van der Waals surface area contributed by atoms with E-state index >= 15 is 0 Å². The van der Waals surface area contributed by atoms with Crippen molar-refractivity contribution in [2.75, 3.05) is 0 Å². The van der Waals surface area contributed by atoms with Crippen molar-refractivity contribution in [3.63, 3.8) is 0 Å². The summed E-state index contributed by atoms with van der Waals surface area (Å²) in [6.45, 7) is 4.07. The Hall–Kier alpha value is -2.20. The summed E-state index contributed by atoms with van der Waals surface area (Å²) in [5.41, 5.74) is 4.80. The molecular weight excluding hydrogens is 280 g/mol. The summed E-state index contributed by atoms with van der Waals surface area (Å²) in [5, 5.41) is 0. The number of nitrogens with zero attached hydrogens (tertiary/aromatic N) is 2. The minimum Gasteiger partial charge on any atom is -0.290 e. The zero-order valence-electron chi connectivity index (χ0n) is 11.9. The Bertz CT molecular complexity index is 914. The van der Waals surface area contributed by atoms with Gasteiger partial charge < -0.3 is 0 Å². The molecule has 1 aromatic carbocycles. The smallest absolute Gasteiger partial charge is 0.194 e. The van der Waals surface area contributed by atoms with Crippen LogP contribution < -0.4 is 0 Å². The van der Waals surface area contributed by atoms with Crippen molar-refractivity contribution in [3.05, 3.63) is 63.4 Å². The summed E-state index contributed by atoms with van der Waals surface area (Å²) < 4.78 is 2.08. The first-order chi connectivity index (χ1) is 10.1. The lowest BCUT2D eigenvalue weighted by Crippen LogP contribution is -1.96. The van der Waals surface area contributed by atoms with Gasteiger partial charge in [0.05, 0.1) is 11.4 Å². The van der Waals surface area contributed by atoms with E-state index in [1.165, 1.54) is 4.88 Å². The lowest BCUT2D eigenvalue weighted by atomic mass is 10.1.